The van der Waals surface area contributed by atoms with E-state index >= 15 is 0 Å². The maximum atomic E-state index is 6.03. The molecule has 1 aromatic rings. The first-order chi connectivity index (χ1) is 8.16. The van der Waals surface area contributed by atoms with E-state index in [0.29, 0.717) is 22.8 Å². The molecule has 1 aromatic heterocycles. The van der Waals surface area contributed by atoms with Crippen molar-refractivity contribution >= 4 is 29.0 Å². The molecule has 1 unspecified atom stereocenters. The highest BCUT2D eigenvalue weighted by Crippen LogP contribution is 2.29. The summed E-state index contributed by atoms with van der Waals surface area (Å²) in [6.07, 6.45) is 8.12. The third-order valence-corrected chi connectivity index (χ3v) is 3.89. The number of nitrogens with zero attached hydrogens (tertiary/aromatic N) is 2. The van der Waals surface area contributed by atoms with Crippen molar-refractivity contribution in [3.05, 3.63) is 16.5 Å². The molecule has 0 amide bonds. The van der Waals surface area contributed by atoms with Gasteiger partial charge >= 0.3 is 0 Å². The number of halogens is 2. The Morgan fingerprint density at radius 3 is 2.71 bits per heavy atom. The van der Waals surface area contributed by atoms with E-state index in [1.807, 2.05) is 0 Å². The van der Waals surface area contributed by atoms with Gasteiger partial charge in [-0.3, -0.25) is 0 Å². The van der Waals surface area contributed by atoms with Crippen LogP contribution in [-0.4, -0.2) is 16.0 Å². The largest absolute Gasteiger partial charge is 0.366 e. The van der Waals surface area contributed by atoms with Crippen LogP contribution < -0.4 is 5.32 Å². The summed E-state index contributed by atoms with van der Waals surface area (Å²) in [4.78, 5) is 7.96. The zero-order chi connectivity index (χ0) is 12.3. The van der Waals surface area contributed by atoms with Crippen LogP contribution in [0.25, 0.3) is 0 Å². The van der Waals surface area contributed by atoms with Crippen molar-refractivity contribution < 1.29 is 0 Å². The van der Waals surface area contributed by atoms with Crippen molar-refractivity contribution in [1.82, 2.24) is 9.97 Å². The minimum absolute atomic E-state index is 0.229. The van der Waals surface area contributed by atoms with E-state index in [1.165, 1.54) is 38.3 Å². The molecule has 1 heterocycles. The van der Waals surface area contributed by atoms with Gasteiger partial charge in [-0.1, -0.05) is 30.9 Å². The van der Waals surface area contributed by atoms with E-state index in [4.69, 9.17) is 23.2 Å². The number of anilines is 1. The van der Waals surface area contributed by atoms with Crippen LogP contribution in [0.3, 0.4) is 0 Å². The highest BCUT2D eigenvalue weighted by atomic mass is 35.5. The molecular weight excluding hydrogens is 257 g/mol. The second-order valence-corrected chi connectivity index (χ2v) is 5.41. The van der Waals surface area contributed by atoms with Crippen LogP contribution in [0, 0.1) is 5.92 Å². The molecule has 0 bridgehead atoms. The Morgan fingerprint density at radius 1 is 1.29 bits per heavy atom. The predicted molar refractivity (Wildman–Crippen MR) is 71.7 cm³/mol. The lowest BCUT2D eigenvalue weighted by Crippen LogP contribution is -2.28. The average molecular weight is 274 g/mol. The van der Waals surface area contributed by atoms with E-state index in [1.54, 1.807) is 0 Å². The molecule has 1 fully saturated rings. The van der Waals surface area contributed by atoms with Crippen LogP contribution in [0.4, 0.5) is 5.82 Å². The van der Waals surface area contributed by atoms with E-state index < -0.39 is 0 Å². The Bertz CT molecular complexity index is 378. The molecule has 1 atom stereocenters. The average Bonchev–Trinajstić information content (AvgIpc) is 2.35. The Labute approximate surface area is 112 Å². The lowest BCUT2D eigenvalue weighted by Gasteiger charge is -2.28. The molecule has 1 saturated carbocycles. The van der Waals surface area contributed by atoms with Crippen molar-refractivity contribution in [2.24, 2.45) is 5.92 Å². The third kappa shape index (κ3) is 3.46. The molecule has 5 heteroatoms. The molecule has 1 aliphatic rings. The van der Waals surface area contributed by atoms with Crippen LogP contribution in [-0.2, 0) is 0 Å². The molecule has 1 aliphatic carbocycles. The van der Waals surface area contributed by atoms with Crippen molar-refractivity contribution in [3.8, 4) is 0 Å². The third-order valence-electron chi connectivity index (χ3n) is 3.44. The monoisotopic (exact) mass is 273 g/mol. The van der Waals surface area contributed by atoms with E-state index in [2.05, 4.69) is 22.2 Å². The highest BCUT2D eigenvalue weighted by Gasteiger charge is 2.21. The molecule has 0 aromatic carbocycles. The zero-order valence-corrected chi connectivity index (χ0v) is 11.4. The van der Waals surface area contributed by atoms with E-state index in [-0.39, 0.29) is 5.28 Å². The maximum Gasteiger partial charge on any atom is 0.224 e. The molecule has 3 nitrogen and oxygen atoms in total. The molecule has 0 saturated heterocycles. The SMILES string of the molecule is CC(Nc1nc(Cl)ncc1Cl)C1CCCCC1. The quantitative estimate of drug-likeness (QED) is 0.841. The fourth-order valence-electron chi connectivity index (χ4n) is 2.41. The molecule has 0 spiro atoms. The summed E-state index contributed by atoms with van der Waals surface area (Å²) < 4.78 is 0. The van der Waals surface area contributed by atoms with Gasteiger partial charge in [0.2, 0.25) is 5.28 Å². The highest BCUT2D eigenvalue weighted by molar-refractivity contribution is 6.33. The smallest absolute Gasteiger partial charge is 0.224 e. The summed E-state index contributed by atoms with van der Waals surface area (Å²) in [5.74, 6) is 1.35. The fourth-order valence-corrected chi connectivity index (χ4v) is 2.69. The number of aromatic nitrogens is 2. The number of hydrogen-bond donors (Lipinski definition) is 1. The van der Waals surface area contributed by atoms with Crippen molar-refractivity contribution in [3.63, 3.8) is 0 Å². The van der Waals surface area contributed by atoms with Crippen LogP contribution in [0.15, 0.2) is 6.20 Å². The maximum absolute atomic E-state index is 6.03. The lowest BCUT2D eigenvalue weighted by atomic mass is 9.84. The Morgan fingerprint density at radius 2 is 2.00 bits per heavy atom. The second-order valence-electron chi connectivity index (χ2n) is 4.67. The first kappa shape index (κ1) is 12.9. The van der Waals surface area contributed by atoms with Gasteiger partial charge in [-0.2, -0.15) is 4.98 Å². The topological polar surface area (TPSA) is 37.8 Å². The fraction of sp³-hybridized carbons (Fsp3) is 0.667. The molecule has 2 rings (SSSR count). The molecule has 0 aliphatic heterocycles. The van der Waals surface area contributed by atoms with Gasteiger partial charge in [0.1, 0.15) is 10.8 Å². The van der Waals surface area contributed by atoms with Gasteiger partial charge in [0.05, 0.1) is 6.20 Å². The molecule has 94 valence electrons. The Hall–Kier alpha value is -0.540. The van der Waals surface area contributed by atoms with Crippen LogP contribution in [0.2, 0.25) is 10.3 Å². The van der Waals surface area contributed by atoms with Crippen molar-refractivity contribution in [1.29, 1.82) is 0 Å². The first-order valence-corrected chi connectivity index (χ1v) is 6.87. The summed E-state index contributed by atoms with van der Waals surface area (Å²) in [5.41, 5.74) is 0. The minimum atomic E-state index is 0.229. The predicted octanol–water partition coefficient (Wildman–Crippen LogP) is 4.16. The van der Waals surface area contributed by atoms with Gasteiger partial charge in [-0.15, -0.1) is 0 Å². The van der Waals surface area contributed by atoms with Crippen LogP contribution in [0.1, 0.15) is 39.0 Å². The zero-order valence-electron chi connectivity index (χ0n) is 9.92. The van der Waals surface area contributed by atoms with Gasteiger partial charge in [0.25, 0.3) is 0 Å². The van der Waals surface area contributed by atoms with Gasteiger partial charge < -0.3 is 5.32 Å². The normalized spacial score (nSPS) is 19.0. The van der Waals surface area contributed by atoms with E-state index in [9.17, 15) is 0 Å². The number of nitrogens with one attached hydrogen (secondary N) is 1. The molecule has 17 heavy (non-hydrogen) atoms. The van der Waals surface area contributed by atoms with Crippen LogP contribution >= 0.6 is 23.2 Å². The molecular formula is C12H17Cl2N3. The van der Waals surface area contributed by atoms with Crippen molar-refractivity contribution in [2.75, 3.05) is 5.32 Å². The number of hydrogen-bond acceptors (Lipinski definition) is 3. The first-order valence-electron chi connectivity index (χ1n) is 6.11. The lowest BCUT2D eigenvalue weighted by molar-refractivity contribution is 0.328. The van der Waals surface area contributed by atoms with Crippen molar-refractivity contribution in [2.45, 2.75) is 45.1 Å². The molecule has 1 N–H and O–H groups in total. The second kappa shape index (κ2) is 5.87. The van der Waals surface area contributed by atoms with E-state index in [0.717, 1.165) is 0 Å². The summed E-state index contributed by atoms with van der Waals surface area (Å²) in [6.45, 7) is 2.18. The molecule has 0 radical (unpaired) electrons. The Kier molecular flexibility index (Phi) is 4.46. The van der Waals surface area contributed by atoms with Gasteiger partial charge in [-0.05, 0) is 37.3 Å². The number of rotatable bonds is 3. The summed E-state index contributed by atoms with van der Waals surface area (Å²) >= 11 is 11.8. The van der Waals surface area contributed by atoms with Gasteiger partial charge in [-0.25, -0.2) is 4.98 Å². The Balaban J connectivity index is 2.01. The van der Waals surface area contributed by atoms with Crippen LogP contribution in [0.5, 0.6) is 0 Å². The minimum Gasteiger partial charge on any atom is -0.366 e. The standard InChI is InChI=1S/C12H17Cl2N3/c1-8(9-5-3-2-4-6-9)16-11-10(13)7-15-12(14)17-11/h7-9H,2-6H2,1H3,(H,15,16,17). The van der Waals surface area contributed by atoms with Gasteiger partial charge in [0, 0.05) is 6.04 Å². The summed E-state index contributed by atoms with van der Waals surface area (Å²) in [6, 6.07) is 0.374. The van der Waals surface area contributed by atoms with Gasteiger partial charge in [0.15, 0.2) is 0 Å². The summed E-state index contributed by atoms with van der Waals surface area (Å²) in [7, 11) is 0. The summed E-state index contributed by atoms with van der Waals surface area (Å²) in [5, 5.41) is 4.11.